The fourth-order valence-electron chi connectivity index (χ4n) is 3.11. The minimum Gasteiger partial charge on any atom is -0.300 e. The lowest BCUT2D eigenvalue weighted by atomic mass is 9.97. The van der Waals surface area contributed by atoms with E-state index in [0.29, 0.717) is 5.54 Å². The molecule has 2 heterocycles. The predicted octanol–water partition coefficient (Wildman–Crippen LogP) is 1.74. The van der Waals surface area contributed by atoms with Crippen molar-refractivity contribution in [3.05, 3.63) is 0 Å². The Balaban J connectivity index is 1.66. The third-order valence-corrected chi connectivity index (χ3v) is 4.55. The third kappa shape index (κ3) is 3.46. The first-order valence-corrected chi connectivity index (χ1v) is 7.57. The molecular formula is C15H31N3. The van der Waals surface area contributed by atoms with Crippen molar-refractivity contribution >= 4 is 0 Å². The second kappa shape index (κ2) is 5.48. The van der Waals surface area contributed by atoms with E-state index in [1.165, 1.54) is 45.8 Å². The van der Waals surface area contributed by atoms with Crippen LogP contribution in [0, 0.1) is 5.92 Å². The van der Waals surface area contributed by atoms with E-state index in [2.05, 4.69) is 49.3 Å². The second-order valence-electron chi connectivity index (χ2n) is 7.37. The topological polar surface area (TPSA) is 9.72 Å². The number of rotatable bonds is 3. The lowest BCUT2D eigenvalue weighted by Gasteiger charge is -2.47. The van der Waals surface area contributed by atoms with E-state index < -0.39 is 0 Å². The normalized spacial score (nSPS) is 25.7. The Bertz CT molecular complexity index is 255. The summed E-state index contributed by atoms with van der Waals surface area (Å²) >= 11 is 0. The maximum atomic E-state index is 2.67. The minimum atomic E-state index is 0.344. The fourth-order valence-corrected chi connectivity index (χ4v) is 3.11. The molecule has 0 aromatic heterocycles. The molecule has 106 valence electrons. The summed E-state index contributed by atoms with van der Waals surface area (Å²) in [4.78, 5) is 7.87. The Morgan fingerprint density at radius 1 is 1.00 bits per heavy atom. The van der Waals surface area contributed by atoms with Gasteiger partial charge in [0.15, 0.2) is 0 Å². The van der Waals surface area contributed by atoms with Crippen LogP contribution < -0.4 is 0 Å². The largest absolute Gasteiger partial charge is 0.300 e. The first-order valence-electron chi connectivity index (χ1n) is 7.57. The summed E-state index contributed by atoms with van der Waals surface area (Å²) in [5.74, 6) is 0.925. The lowest BCUT2D eigenvalue weighted by Crippen LogP contribution is -2.58. The summed E-state index contributed by atoms with van der Waals surface area (Å²) in [7, 11) is 0. The van der Waals surface area contributed by atoms with Gasteiger partial charge in [-0.1, -0.05) is 0 Å². The maximum absolute atomic E-state index is 2.67. The van der Waals surface area contributed by atoms with Gasteiger partial charge in [-0.3, -0.25) is 4.90 Å². The van der Waals surface area contributed by atoms with Crippen molar-refractivity contribution in [2.45, 2.75) is 46.2 Å². The monoisotopic (exact) mass is 253 g/mol. The van der Waals surface area contributed by atoms with Crippen LogP contribution in [0.3, 0.4) is 0 Å². The summed E-state index contributed by atoms with van der Waals surface area (Å²) in [5, 5.41) is 0. The summed E-state index contributed by atoms with van der Waals surface area (Å²) in [5.41, 5.74) is 0.344. The molecular weight excluding hydrogens is 222 g/mol. The first kappa shape index (κ1) is 14.3. The van der Waals surface area contributed by atoms with Crippen molar-refractivity contribution in [2.24, 2.45) is 5.92 Å². The van der Waals surface area contributed by atoms with Gasteiger partial charge in [-0.25, -0.2) is 0 Å². The van der Waals surface area contributed by atoms with E-state index in [4.69, 9.17) is 0 Å². The van der Waals surface area contributed by atoms with Crippen LogP contribution in [-0.4, -0.2) is 72.1 Å². The molecule has 2 saturated heterocycles. The molecule has 0 aromatic rings. The molecule has 0 spiro atoms. The van der Waals surface area contributed by atoms with Crippen LogP contribution in [0.5, 0.6) is 0 Å². The molecule has 0 saturated carbocycles. The SMILES string of the molecule is CC(C)N1CC(CN2CCN(C(C)(C)C)CC2)C1. The lowest BCUT2D eigenvalue weighted by molar-refractivity contribution is 0.0132. The maximum Gasteiger partial charge on any atom is 0.0126 e. The zero-order valence-electron chi connectivity index (χ0n) is 12.9. The van der Waals surface area contributed by atoms with Crippen LogP contribution in [-0.2, 0) is 0 Å². The molecule has 0 radical (unpaired) electrons. The van der Waals surface area contributed by atoms with Gasteiger partial charge in [-0.2, -0.15) is 0 Å². The molecule has 2 aliphatic rings. The van der Waals surface area contributed by atoms with Crippen molar-refractivity contribution < 1.29 is 0 Å². The van der Waals surface area contributed by atoms with Crippen molar-refractivity contribution in [1.29, 1.82) is 0 Å². The van der Waals surface area contributed by atoms with E-state index in [0.717, 1.165) is 12.0 Å². The number of nitrogens with zero attached hydrogens (tertiary/aromatic N) is 3. The van der Waals surface area contributed by atoms with Crippen LogP contribution in [0.1, 0.15) is 34.6 Å². The number of hydrogen-bond donors (Lipinski definition) is 0. The van der Waals surface area contributed by atoms with Gasteiger partial charge in [0, 0.05) is 57.4 Å². The van der Waals surface area contributed by atoms with Crippen molar-refractivity contribution in [3.8, 4) is 0 Å². The van der Waals surface area contributed by atoms with Gasteiger partial charge in [0.1, 0.15) is 0 Å². The van der Waals surface area contributed by atoms with Gasteiger partial charge in [0.2, 0.25) is 0 Å². The molecule has 3 heteroatoms. The quantitative estimate of drug-likeness (QED) is 0.758. The molecule has 3 nitrogen and oxygen atoms in total. The van der Waals surface area contributed by atoms with E-state index in [1.807, 2.05) is 0 Å². The molecule has 2 aliphatic heterocycles. The van der Waals surface area contributed by atoms with E-state index in [-0.39, 0.29) is 0 Å². The van der Waals surface area contributed by atoms with Crippen LogP contribution in [0.25, 0.3) is 0 Å². The highest BCUT2D eigenvalue weighted by molar-refractivity contribution is 4.87. The third-order valence-electron chi connectivity index (χ3n) is 4.55. The molecule has 18 heavy (non-hydrogen) atoms. The van der Waals surface area contributed by atoms with Crippen molar-refractivity contribution in [1.82, 2.24) is 14.7 Å². The highest BCUT2D eigenvalue weighted by Gasteiger charge is 2.32. The zero-order valence-corrected chi connectivity index (χ0v) is 12.9. The number of hydrogen-bond acceptors (Lipinski definition) is 3. The Labute approximate surface area is 113 Å². The second-order valence-corrected chi connectivity index (χ2v) is 7.37. The van der Waals surface area contributed by atoms with Gasteiger partial charge >= 0.3 is 0 Å². The van der Waals surface area contributed by atoms with Crippen LogP contribution in [0.15, 0.2) is 0 Å². The molecule has 0 unspecified atom stereocenters. The number of piperazine rings is 1. The highest BCUT2D eigenvalue weighted by atomic mass is 15.3. The smallest absolute Gasteiger partial charge is 0.0126 e. The predicted molar refractivity (Wildman–Crippen MR) is 78.0 cm³/mol. The number of likely N-dealkylation sites (tertiary alicyclic amines) is 1. The van der Waals surface area contributed by atoms with Gasteiger partial charge in [0.25, 0.3) is 0 Å². The molecule has 0 aromatic carbocycles. The summed E-state index contributed by atoms with van der Waals surface area (Å²) in [6.45, 7) is 20.5. The van der Waals surface area contributed by atoms with Gasteiger partial charge in [-0.05, 0) is 40.5 Å². The molecule has 2 rings (SSSR count). The molecule has 0 bridgehead atoms. The molecule has 0 N–H and O–H groups in total. The standard InChI is InChI=1S/C15H31N3/c1-13(2)17-11-14(12-17)10-16-6-8-18(9-7-16)15(3,4)5/h13-14H,6-12H2,1-5H3. The Kier molecular flexibility index (Phi) is 4.35. The average Bonchev–Trinajstić information content (AvgIpc) is 2.21. The molecule has 0 atom stereocenters. The van der Waals surface area contributed by atoms with E-state index >= 15 is 0 Å². The summed E-state index contributed by atoms with van der Waals surface area (Å²) in [6, 6.07) is 0.735. The zero-order chi connectivity index (χ0) is 13.3. The Morgan fingerprint density at radius 2 is 1.56 bits per heavy atom. The van der Waals surface area contributed by atoms with Crippen LogP contribution in [0.4, 0.5) is 0 Å². The molecule has 0 amide bonds. The van der Waals surface area contributed by atoms with Crippen molar-refractivity contribution in [2.75, 3.05) is 45.8 Å². The van der Waals surface area contributed by atoms with E-state index in [9.17, 15) is 0 Å². The van der Waals surface area contributed by atoms with Gasteiger partial charge in [0.05, 0.1) is 0 Å². The Morgan fingerprint density at radius 3 is 2.00 bits per heavy atom. The summed E-state index contributed by atoms with van der Waals surface area (Å²) < 4.78 is 0. The van der Waals surface area contributed by atoms with E-state index in [1.54, 1.807) is 0 Å². The van der Waals surface area contributed by atoms with Crippen LogP contribution >= 0.6 is 0 Å². The minimum absolute atomic E-state index is 0.344. The molecule has 2 fully saturated rings. The molecule has 0 aliphatic carbocycles. The Hall–Kier alpha value is -0.120. The van der Waals surface area contributed by atoms with Gasteiger partial charge < -0.3 is 9.80 Å². The highest BCUT2D eigenvalue weighted by Crippen LogP contribution is 2.21. The summed E-state index contributed by atoms with van der Waals surface area (Å²) in [6.07, 6.45) is 0. The van der Waals surface area contributed by atoms with Crippen LogP contribution in [0.2, 0.25) is 0 Å². The first-order chi connectivity index (χ1) is 8.36. The van der Waals surface area contributed by atoms with Gasteiger partial charge in [-0.15, -0.1) is 0 Å². The fraction of sp³-hybridized carbons (Fsp3) is 1.00. The van der Waals surface area contributed by atoms with Crippen molar-refractivity contribution in [3.63, 3.8) is 0 Å². The average molecular weight is 253 g/mol.